The number of Topliss-reactive ketones (excluding diaryl/α,β-unsaturated/α-hetero) is 1. The van der Waals surface area contributed by atoms with Crippen molar-refractivity contribution in [1.29, 1.82) is 0 Å². The minimum absolute atomic E-state index is 0.0278. The Morgan fingerprint density at radius 1 is 1.40 bits per heavy atom. The molecule has 0 aliphatic heterocycles. The first-order valence-corrected chi connectivity index (χ1v) is 7.23. The third kappa shape index (κ3) is 3.10. The summed E-state index contributed by atoms with van der Waals surface area (Å²) in [5.41, 5.74) is 2.50. The summed E-state index contributed by atoms with van der Waals surface area (Å²) < 4.78 is 7.92. The first-order chi connectivity index (χ1) is 9.55. The van der Waals surface area contributed by atoms with Gasteiger partial charge >= 0.3 is 0 Å². The van der Waals surface area contributed by atoms with Gasteiger partial charge in [0.1, 0.15) is 5.75 Å². The van der Waals surface area contributed by atoms with Crippen molar-refractivity contribution in [3.05, 3.63) is 45.7 Å². The first kappa shape index (κ1) is 14.8. The van der Waals surface area contributed by atoms with Gasteiger partial charge in [0.2, 0.25) is 0 Å². The Morgan fingerprint density at radius 2 is 2.15 bits per heavy atom. The monoisotopic (exact) mass is 336 g/mol. The van der Waals surface area contributed by atoms with Crippen molar-refractivity contribution in [2.45, 2.75) is 19.8 Å². The largest absolute Gasteiger partial charge is 0.496 e. The van der Waals surface area contributed by atoms with Gasteiger partial charge in [-0.05, 0) is 30.7 Å². The number of carbonyl (C=O) groups excluding carboxylic acids is 1. The van der Waals surface area contributed by atoms with E-state index in [2.05, 4.69) is 21.0 Å². The average Bonchev–Trinajstić information content (AvgIpc) is 2.79. The first-order valence-electron chi connectivity index (χ1n) is 6.43. The van der Waals surface area contributed by atoms with Gasteiger partial charge in [-0.15, -0.1) is 0 Å². The lowest BCUT2D eigenvalue weighted by Crippen LogP contribution is -2.09. The molecule has 0 aliphatic carbocycles. The molecule has 106 valence electrons. The van der Waals surface area contributed by atoms with Crippen molar-refractivity contribution in [2.75, 3.05) is 7.11 Å². The molecule has 0 N–H and O–H groups in total. The second-order valence-corrected chi connectivity index (χ2v) is 5.46. The summed E-state index contributed by atoms with van der Waals surface area (Å²) in [6.07, 6.45) is 1.19. The molecule has 1 heterocycles. The molecule has 20 heavy (non-hydrogen) atoms. The number of ether oxygens (including phenoxy) is 1. The molecule has 0 bridgehead atoms. The number of nitrogens with zero attached hydrogens (tertiary/aromatic N) is 2. The number of aromatic nitrogens is 2. The smallest absolute Gasteiger partial charge is 0.172 e. The molecule has 2 rings (SSSR count). The molecule has 0 spiro atoms. The van der Waals surface area contributed by atoms with Crippen molar-refractivity contribution in [1.82, 2.24) is 9.78 Å². The van der Waals surface area contributed by atoms with Gasteiger partial charge in [0.05, 0.1) is 24.8 Å². The lowest BCUT2D eigenvalue weighted by atomic mass is 10.1. The van der Waals surface area contributed by atoms with Gasteiger partial charge in [-0.3, -0.25) is 9.48 Å². The third-order valence-electron chi connectivity index (χ3n) is 3.20. The summed E-state index contributed by atoms with van der Waals surface area (Å²) in [6, 6.07) is 7.40. The van der Waals surface area contributed by atoms with Crippen molar-refractivity contribution in [3.63, 3.8) is 0 Å². The molecule has 0 aliphatic rings. The van der Waals surface area contributed by atoms with Crippen LogP contribution in [0.1, 0.15) is 28.7 Å². The van der Waals surface area contributed by atoms with Gasteiger partial charge in [0.15, 0.2) is 5.78 Å². The Kier molecular flexibility index (Phi) is 4.60. The number of hydrogen-bond acceptors (Lipinski definition) is 3. The molecule has 0 atom stereocenters. The van der Waals surface area contributed by atoms with Crippen LogP contribution in [0.25, 0.3) is 0 Å². The number of methoxy groups -OCH3 is 1. The van der Waals surface area contributed by atoms with Gasteiger partial charge in [0, 0.05) is 17.2 Å². The van der Waals surface area contributed by atoms with E-state index < -0.39 is 0 Å². The number of carbonyl (C=O) groups is 1. The summed E-state index contributed by atoms with van der Waals surface area (Å²) in [7, 11) is 3.43. The molecule has 0 saturated heterocycles. The highest BCUT2D eigenvalue weighted by Gasteiger charge is 2.15. The molecule has 0 radical (unpaired) electrons. The fourth-order valence-electron chi connectivity index (χ4n) is 2.06. The fraction of sp³-hybridized carbons (Fsp3) is 0.333. The molecule has 0 unspecified atom stereocenters. The van der Waals surface area contributed by atoms with Crippen LogP contribution in [0, 0.1) is 0 Å². The number of halogens is 1. The van der Waals surface area contributed by atoms with Crippen molar-refractivity contribution in [2.24, 2.45) is 7.05 Å². The summed E-state index contributed by atoms with van der Waals surface area (Å²) in [5, 5.41) is 4.36. The lowest BCUT2D eigenvalue weighted by molar-refractivity contribution is 0.0988. The molecule has 4 nitrogen and oxygen atoms in total. The van der Waals surface area contributed by atoms with Crippen LogP contribution in [-0.4, -0.2) is 22.7 Å². The Bertz CT molecular complexity index is 635. The molecular formula is C15H17BrN2O2. The SMILES string of the molecule is CCc1cc(CC(=O)c2ccc(Br)cc2OC)n(C)n1. The molecular weight excluding hydrogens is 320 g/mol. The van der Waals surface area contributed by atoms with Crippen molar-refractivity contribution in [3.8, 4) is 5.75 Å². The van der Waals surface area contributed by atoms with E-state index in [9.17, 15) is 4.79 Å². The van der Waals surface area contributed by atoms with E-state index in [-0.39, 0.29) is 5.78 Å². The highest BCUT2D eigenvalue weighted by atomic mass is 79.9. The Morgan fingerprint density at radius 3 is 2.75 bits per heavy atom. The van der Waals surface area contributed by atoms with E-state index in [0.717, 1.165) is 22.3 Å². The summed E-state index contributed by atoms with van der Waals surface area (Å²) in [5.74, 6) is 0.613. The van der Waals surface area contributed by atoms with Crippen LogP contribution in [-0.2, 0) is 19.9 Å². The zero-order valence-electron chi connectivity index (χ0n) is 11.8. The molecule has 0 amide bonds. The van der Waals surface area contributed by atoms with Crippen LogP contribution in [0.5, 0.6) is 5.75 Å². The minimum Gasteiger partial charge on any atom is -0.496 e. The quantitative estimate of drug-likeness (QED) is 0.787. The zero-order chi connectivity index (χ0) is 14.7. The maximum atomic E-state index is 12.4. The Balaban J connectivity index is 2.25. The average molecular weight is 337 g/mol. The zero-order valence-corrected chi connectivity index (χ0v) is 13.4. The normalized spacial score (nSPS) is 10.6. The highest BCUT2D eigenvalue weighted by Crippen LogP contribution is 2.24. The van der Waals surface area contributed by atoms with Crippen LogP contribution >= 0.6 is 15.9 Å². The van der Waals surface area contributed by atoms with E-state index in [1.165, 1.54) is 0 Å². The fourth-order valence-corrected chi connectivity index (χ4v) is 2.40. The molecule has 2 aromatic rings. The van der Waals surface area contributed by atoms with Gasteiger partial charge < -0.3 is 4.74 Å². The summed E-state index contributed by atoms with van der Waals surface area (Å²) in [4.78, 5) is 12.4. The molecule has 1 aromatic heterocycles. The predicted octanol–water partition coefficient (Wildman–Crippen LogP) is 3.18. The van der Waals surface area contributed by atoms with Gasteiger partial charge in [0.25, 0.3) is 0 Å². The maximum Gasteiger partial charge on any atom is 0.172 e. The third-order valence-corrected chi connectivity index (χ3v) is 3.69. The van der Waals surface area contributed by atoms with E-state index >= 15 is 0 Å². The predicted molar refractivity (Wildman–Crippen MR) is 81.3 cm³/mol. The van der Waals surface area contributed by atoms with Gasteiger partial charge in [-0.1, -0.05) is 22.9 Å². The van der Waals surface area contributed by atoms with Crippen LogP contribution in [0.4, 0.5) is 0 Å². The molecule has 5 heteroatoms. The number of hydrogen-bond donors (Lipinski definition) is 0. The summed E-state index contributed by atoms with van der Waals surface area (Å²) >= 11 is 3.37. The number of ketones is 1. The maximum absolute atomic E-state index is 12.4. The van der Waals surface area contributed by atoms with E-state index in [0.29, 0.717) is 17.7 Å². The number of benzene rings is 1. The van der Waals surface area contributed by atoms with Crippen molar-refractivity contribution >= 4 is 21.7 Å². The lowest BCUT2D eigenvalue weighted by Gasteiger charge is -2.08. The van der Waals surface area contributed by atoms with E-state index in [1.807, 2.05) is 26.1 Å². The van der Waals surface area contributed by atoms with Crippen LogP contribution in [0.3, 0.4) is 0 Å². The van der Waals surface area contributed by atoms with Crippen LogP contribution < -0.4 is 4.74 Å². The summed E-state index contributed by atoms with van der Waals surface area (Å²) in [6.45, 7) is 2.05. The van der Waals surface area contributed by atoms with E-state index in [4.69, 9.17) is 4.74 Å². The van der Waals surface area contributed by atoms with Crippen LogP contribution in [0.2, 0.25) is 0 Å². The van der Waals surface area contributed by atoms with Gasteiger partial charge in [-0.2, -0.15) is 5.10 Å². The minimum atomic E-state index is 0.0278. The van der Waals surface area contributed by atoms with Crippen LogP contribution in [0.15, 0.2) is 28.7 Å². The van der Waals surface area contributed by atoms with E-state index in [1.54, 1.807) is 23.9 Å². The molecule has 0 saturated carbocycles. The number of rotatable bonds is 5. The highest BCUT2D eigenvalue weighted by molar-refractivity contribution is 9.10. The Labute approximate surface area is 126 Å². The second-order valence-electron chi connectivity index (χ2n) is 4.55. The molecule has 1 aromatic carbocycles. The topological polar surface area (TPSA) is 44.1 Å². The van der Waals surface area contributed by atoms with Crippen molar-refractivity contribution < 1.29 is 9.53 Å². The standard InChI is InChI=1S/C15H17BrN2O2/c1-4-11-8-12(18(2)17-11)9-14(19)13-6-5-10(16)7-15(13)20-3/h5-8H,4,9H2,1-3H3. The van der Waals surface area contributed by atoms with Gasteiger partial charge in [-0.25, -0.2) is 0 Å². The number of aryl methyl sites for hydroxylation is 2. The second kappa shape index (κ2) is 6.22. The molecule has 0 fully saturated rings. The Hall–Kier alpha value is -1.62.